The maximum Gasteiger partial charge on any atom is 0.168 e. The Balaban J connectivity index is 2.28. The Bertz CT molecular complexity index is 614. The van der Waals surface area contributed by atoms with Gasteiger partial charge in [0.25, 0.3) is 0 Å². The Hall–Kier alpha value is -1.12. The number of carbonyl (C=O) groups excluding carboxylic acids is 1. The largest absolute Gasteiger partial charge is 0.294 e. The highest BCUT2D eigenvalue weighted by atomic mass is 79.9. The van der Waals surface area contributed by atoms with E-state index in [1.807, 2.05) is 26.0 Å². The van der Waals surface area contributed by atoms with Gasteiger partial charge >= 0.3 is 0 Å². The van der Waals surface area contributed by atoms with E-state index >= 15 is 0 Å². The molecule has 0 N–H and O–H groups in total. The van der Waals surface area contributed by atoms with Crippen molar-refractivity contribution in [2.75, 3.05) is 0 Å². The van der Waals surface area contributed by atoms with Crippen LogP contribution in [-0.2, 0) is 6.42 Å². The van der Waals surface area contributed by atoms with Crippen molar-refractivity contribution in [1.29, 1.82) is 0 Å². The summed E-state index contributed by atoms with van der Waals surface area (Å²) in [6.07, 6.45) is 0.390. The fourth-order valence-electron chi connectivity index (χ4n) is 2.16. The third-order valence-corrected chi connectivity index (χ3v) is 3.80. The van der Waals surface area contributed by atoms with Crippen molar-refractivity contribution in [1.82, 2.24) is 0 Å². The van der Waals surface area contributed by atoms with Crippen LogP contribution in [0.2, 0.25) is 5.02 Å². The molecule has 2 rings (SSSR count). The van der Waals surface area contributed by atoms with Crippen molar-refractivity contribution < 1.29 is 4.79 Å². The van der Waals surface area contributed by atoms with Crippen molar-refractivity contribution in [3.63, 3.8) is 0 Å². The Morgan fingerprint density at radius 2 is 1.74 bits per heavy atom. The molecule has 0 radical (unpaired) electrons. The number of carbonyl (C=O) groups is 1. The van der Waals surface area contributed by atoms with E-state index < -0.39 is 0 Å². The Kier molecular flexibility index (Phi) is 4.43. The van der Waals surface area contributed by atoms with E-state index in [0.717, 1.165) is 10.0 Å². The van der Waals surface area contributed by atoms with Gasteiger partial charge in [-0.25, -0.2) is 0 Å². The topological polar surface area (TPSA) is 17.1 Å². The Labute approximate surface area is 126 Å². The minimum atomic E-state index is 0.0689. The fourth-order valence-corrected chi connectivity index (χ4v) is 2.80. The maximum absolute atomic E-state index is 12.3. The summed E-state index contributed by atoms with van der Waals surface area (Å²) < 4.78 is 0.784. The zero-order valence-electron chi connectivity index (χ0n) is 10.8. The van der Waals surface area contributed by atoms with Crippen LogP contribution < -0.4 is 0 Å². The Morgan fingerprint density at radius 1 is 1.11 bits per heavy atom. The number of halogens is 2. The van der Waals surface area contributed by atoms with Gasteiger partial charge in [0.1, 0.15) is 0 Å². The second-order valence-corrected chi connectivity index (χ2v) is 6.01. The Morgan fingerprint density at radius 3 is 2.37 bits per heavy atom. The van der Waals surface area contributed by atoms with Crippen LogP contribution in [0, 0.1) is 13.8 Å². The molecule has 0 amide bonds. The molecular formula is C16H14BrClO. The molecule has 0 fully saturated rings. The zero-order chi connectivity index (χ0) is 14.0. The highest BCUT2D eigenvalue weighted by Crippen LogP contribution is 2.23. The smallest absolute Gasteiger partial charge is 0.168 e. The van der Waals surface area contributed by atoms with Crippen molar-refractivity contribution in [2.24, 2.45) is 0 Å². The first-order valence-electron chi connectivity index (χ1n) is 6.01. The van der Waals surface area contributed by atoms with Crippen molar-refractivity contribution in [2.45, 2.75) is 20.3 Å². The molecular weight excluding hydrogens is 324 g/mol. The average Bonchev–Trinajstić information content (AvgIpc) is 2.30. The van der Waals surface area contributed by atoms with Gasteiger partial charge in [0.15, 0.2) is 5.78 Å². The van der Waals surface area contributed by atoms with Crippen molar-refractivity contribution in [3.8, 4) is 0 Å². The van der Waals surface area contributed by atoms with Gasteiger partial charge in [0.05, 0.1) is 0 Å². The van der Waals surface area contributed by atoms with E-state index in [4.69, 9.17) is 11.6 Å². The van der Waals surface area contributed by atoms with Gasteiger partial charge in [0.2, 0.25) is 0 Å². The lowest BCUT2D eigenvalue weighted by molar-refractivity contribution is 0.0992. The molecule has 0 bridgehead atoms. The molecule has 1 nitrogen and oxygen atoms in total. The molecule has 0 saturated carbocycles. The number of hydrogen-bond acceptors (Lipinski definition) is 1. The molecule has 0 heterocycles. The number of aryl methyl sites for hydroxylation is 2. The first-order chi connectivity index (χ1) is 8.95. The number of Topliss-reactive ketones (excluding diaryl/α,β-unsaturated/α-hetero) is 1. The highest BCUT2D eigenvalue weighted by molar-refractivity contribution is 9.10. The normalized spacial score (nSPS) is 10.5. The van der Waals surface area contributed by atoms with Crippen LogP contribution in [0.25, 0.3) is 0 Å². The summed E-state index contributed by atoms with van der Waals surface area (Å²) in [5, 5.41) is 0.576. The van der Waals surface area contributed by atoms with E-state index in [0.29, 0.717) is 17.0 Å². The first-order valence-corrected chi connectivity index (χ1v) is 7.18. The van der Waals surface area contributed by atoms with E-state index in [9.17, 15) is 4.79 Å². The van der Waals surface area contributed by atoms with Crippen LogP contribution in [0.3, 0.4) is 0 Å². The molecule has 0 aliphatic heterocycles. The summed E-state index contributed by atoms with van der Waals surface area (Å²) >= 11 is 9.34. The molecule has 0 spiro atoms. The average molecular weight is 338 g/mol. The van der Waals surface area contributed by atoms with Crippen LogP contribution in [0.4, 0.5) is 0 Å². The molecule has 0 saturated heterocycles. The standard InChI is InChI=1S/C16H14BrClO/c1-10-5-11(2)7-12(6-10)8-16(19)14-9-13(18)3-4-15(14)17/h3-7,9H,8H2,1-2H3. The minimum Gasteiger partial charge on any atom is -0.294 e. The van der Waals surface area contributed by atoms with E-state index in [-0.39, 0.29) is 5.78 Å². The van der Waals surface area contributed by atoms with Crippen LogP contribution in [0.15, 0.2) is 40.9 Å². The molecule has 2 aromatic rings. The maximum atomic E-state index is 12.3. The van der Waals surface area contributed by atoms with Gasteiger partial charge < -0.3 is 0 Å². The molecule has 3 heteroatoms. The lowest BCUT2D eigenvalue weighted by Crippen LogP contribution is -2.05. The summed E-state index contributed by atoms with van der Waals surface area (Å²) in [7, 11) is 0. The van der Waals surface area contributed by atoms with Crippen LogP contribution >= 0.6 is 27.5 Å². The van der Waals surface area contributed by atoms with E-state index in [2.05, 4.69) is 22.0 Å². The first kappa shape index (κ1) is 14.3. The summed E-state index contributed by atoms with van der Waals surface area (Å²) in [6, 6.07) is 11.5. The van der Waals surface area contributed by atoms with Crippen LogP contribution in [0.5, 0.6) is 0 Å². The molecule has 0 aliphatic rings. The third-order valence-electron chi connectivity index (χ3n) is 2.87. The second kappa shape index (κ2) is 5.89. The minimum absolute atomic E-state index is 0.0689. The molecule has 2 aromatic carbocycles. The number of rotatable bonds is 3. The predicted octanol–water partition coefficient (Wildman–Crippen LogP) is 5.14. The molecule has 0 atom stereocenters. The van der Waals surface area contributed by atoms with Gasteiger partial charge in [-0.1, -0.05) is 56.9 Å². The fraction of sp³-hybridized carbons (Fsp3) is 0.188. The molecule has 0 unspecified atom stereocenters. The molecule has 0 aliphatic carbocycles. The summed E-state index contributed by atoms with van der Waals surface area (Å²) in [6.45, 7) is 4.08. The van der Waals surface area contributed by atoms with Gasteiger partial charge in [-0.2, -0.15) is 0 Å². The lowest BCUT2D eigenvalue weighted by atomic mass is 10.00. The summed E-state index contributed by atoms with van der Waals surface area (Å²) in [4.78, 5) is 12.3. The van der Waals surface area contributed by atoms with Crippen molar-refractivity contribution >= 4 is 33.3 Å². The quantitative estimate of drug-likeness (QED) is 0.708. The zero-order valence-corrected chi connectivity index (χ0v) is 13.2. The van der Waals surface area contributed by atoms with Gasteiger partial charge in [-0.05, 0) is 37.6 Å². The number of ketones is 1. The van der Waals surface area contributed by atoms with Crippen LogP contribution in [0.1, 0.15) is 27.0 Å². The molecule has 19 heavy (non-hydrogen) atoms. The number of hydrogen-bond donors (Lipinski definition) is 0. The predicted molar refractivity (Wildman–Crippen MR) is 83.1 cm³/mol. The van der Waals surface area contributed by atoms with Crippen LogP contribution in [-0.4, -0.2) is 5.78 Å². The summed E-state index contributed by atoms with van der Waals surface area (Å²) in [5.41, 5.74) is 4.02. The number of benzene rings is 2. The van der Waals surface area contributed by atoms with Gasteiger partial charge in [0, 0.05) is 21.5 Å². The third kappa shape index (κ3) is 3.68. The monoisotopic (exact) mass is 336 g/mol. The van der Waals surface area contributed by atoms with E-state index in [1.165, 1.54) is 11.1 Å². The molecule has 98 valence electrons. The summed E-state index contributed by atoms with van der Waals surface area (Å²) in [5.74, 6) is 0.0689. The highest BCUT2D eigenvalue weighted by Gasteiger charge is 2.12. The lowest BCUT2D eigenvalue weighted by Gasteiger charge is -2.07. The SMILES string of the molecule is Cc1cc(C)cc(CC(=O)c2cc(Cl)ccc2Br)c1. The second-order valence-electron chi connectivity index (χ2n) is 4.72. The van der Waals surface area contributed by atoms with Gasteiger partial charge in [-0.3, -0.25) is 4.79 Å². The van der Waals surface area contributed by atoms with Crippen molar-refractivity contribution in [3.05, 3.63) is 68.1 Å². The van der Waals surface area contributed by atoms with Gasteiger partial charge in [-0.15, -0.1) is 0 Å². The van der Waals surface area contributed by atoms with E-state index in [1.54, 1.807) is 18.2 Å². The molecule has 0 aromatic heterocycles.